The molecule has 3 rings (SSSR count). The Morgan fingerprint density at radius 3 is 2.66 bits per heavy atom. The molecule has 1 N–H and O–H groups in total. The molecule has 2 heterocycles. The first-order valence-corrected chi connectivity index (χ1v) is 10.3. The average molecular weight is 533 g/mol. The Morgan fingerprint density at radius 2 is 2.03 bits per heavy atom. The smallest absolute Gasteiger partial charge is 0.228 e. The van der Waals surface area contributed by atoms with E-state index >= 15 is 0 Å². The second-order valence-corrected chi connectivity index (χ2v) is 7.58. The van der Waals surface area contributed by atoms with E-state index in [0.29, 0.717) is 18.9 Å². The van der Waals surface area contributed by atoms with Crippen LogP contribution in [0, 0.1) is 0 Å². The van der Waals surface area contributed by atoms with Gasteiger partial charge in [0.15, 0.2) is 11.8 Å². The number of halogens is 2. The van der Waals surface area contributed by atoms with Gasteiger partial charge in [-0.15, -0.1) is 24.0 Å². The van der Waals surface area contributed by atoms with Gasteiger partial charge in [0.2, 0.25) is 5.89 Å². The molecule has 0 atom stereocenters. The second kappa shape index (κ2) is 11.6. The molecule has 1 aliphatic rings. The third-order valence-electron chi connectivity index (χ3n) is 4.67. The molecule has 0 aliphatic carbocycles. The summed E-state index contributed by atoms with van der Waals surface area (Å²) in [6, 6.07) is 8.03. The van der Waals surface area contributed by atoms with Crippen molar-refractivity contribution >= 4 is 47.2 Å². The summed E-state index contributed by atoms with van der Waals surface area (Å²) in [7, 11) is 0. The molecule has 1 saturated heterocycles. The summed E-state index contributed by atoms with van der Waals surface area (Å²) in [5.41, 5.74) is 1.17. The van der Waals surface area contributed by atoms with Crippen molar-refractivity contribution in [1.29, 1.82) is 0 Å². The van der Waals surface area contributed by atoms with E-state index in [4.69, 9.17) is 21.1 Å². The Morgan fingerprint density at radius 1 is 1.28 bits per heavy atom. The normalized spacial score (nSPS) is 14.9. The number of aliphatic imine (C=N–C) groups is 1. The Balaban J connectivity index is 0.00000300. The summed E-state index contributed by atoms with van der Waals surface area (Å²) >= 11 is 6.13. The molecule has 2 aromatic rings. The molecule has 160 valence electrons. The van der Waals surface area contributed by atoms with Gasteiger partial charge >= 0.3 is 0 Å². The van der Waals surface area contributed by atoms with Crippen LogP contribution in [-0.4, -0.2) is 60.3 Å². The molecule has 1 aromatic heterocycles. The molecule has 9 heteroatoms. The van der Waals surface area contributed by atoms with Gasteiger partial charge in [-0.25, -0.2) is 0 Å². The van der Waals surface area contributed by atoms with Gasteiger partial charge < -0.3 is 19.6 Å². The number of anilines is 1. The number of benzene rings is 1. The highest BCUT2D eigenvalue weighted by Gasteiger charge is 2.20. The summed E-state index contributed by atoms with van der Waals surface area (Å²) in [6.45, 7) is 11.4. The summed E-state index contributed by atoms with van der Waals surface area (Å²) in [5.74, 6) is 2.61. The summed E-state index contributed by atoms with van der Waals surface area (Å²) in [5, 5.41) is 8.18. The Hall–Kier alpha value is -1.55. The van der Waals surface area contributed by atoms with E-state index in [0.717, 1.165) is 49.5 Å². The monoisotopic (exact) mass is 532 g/mol. The first-order valence-electron chi connectivity index (χ1n) is 9.93. The lowest BCUT2D eigenvalue weighted by Crippen LogP contribution is -2.52. The maximum atomic E-state index is 6.13. The van der Waals surface area contributed by atoms with Crippen LogP contribution in [0.4, 0.5) is 5.69 Å². The van der Waals surface area contributed by atoms with E-state index in [1.165, 1.54) is 5.69 Å². The second-order valence-electron chi connectivity index (χ2n) is 7.14. The molecule has 0 amide bonds. The van der Waals surface area contributed by atoms with Gasteiger partial charge in [-0.3, -0.25) is 4.99 Å². The van der Waals surface area contributed by atoms with Crippen LogP contribution in [-0.2, 0) is 6.42 Å². The van der Waals surface area contributed by atoms with Gasteiger partial charge in [-0.05, 0) is 25.1 Å². The van der Waals surface area contributed by atoms with Crippen molar-refractivity contribution in [2.45, 2.75) is 33.1 Å². The average Bonchev–Trinajstić information content (AvgIpc) is 3.17. The number of hydrogen-bond donors (Lipinski definition) is 1. The van der Waals surface area contributed by atoms with E-state index in [9.17, 15) is 0 Å². The SMILES string of the molecule is CCNC(=NCCc1nc(C(C)C)no1)N1CCN(c2cccc(Cl)c2)CC1.I. The van der Waals surface area contributed by atoms with Crippen LogP contribution in [0.1, 0.15) is 38.4 Å². The van der Waals surface area contributed by atoms with Gasteiger partial charge in [0.05, 0.1) is 6.54 Å². The number of hydrogen-bond acceptors (Lipinski definition) is 5. The third-order valence-corrected chi connectivity index (χ3v) is 4.91. The highest BCUT2D eigenvalue weighted by molar-refractivity contribution is 14.0. The summed E-state index contributed by atoms with van der Waals surface area (Å²) < 4.78 is 5.30. The maximum Gasteiger partial charge on any atom is 0.228 e. The molecule has 0 radical (unpaired) electrons. The minimum Gasteiger partial charge on any atom is -0.368 e. The van der Waals surface area contributed by atoms with Gasteiger partial charge in [-0.2, -0.15) is 4.98 Å². The predicted octanol–water partition coefficient (Wildman–Crippen LogP) is 3.79. The lowest BCUT2D eigenvalue weighted by Gasteiger charge is -2.37. The van der Waals surface area contributed by atoms with Crippen molar-refractivity contribution in [2.75, 3.05) is 44.2 Å². The van der Waals surface area contributed by atoms with Crippen molar-refractivity contribution < 1.29 is 4.52 Å². The van der Waals surface area contributed by atoms with Gasteiger partial charge in [0.25, 0.3) is 0 Å². The molecule has 1 aromatic carbocycles. The molecular weight excluding hydrogens is 503 g/mol. The van der Waals surface area contributed by atoms with E-state index in [1.807, 2.05) is 18.2 Å². The lowest BCUT2D eigenvalue weighted by atomic mass is 10.2. The van der Waals surface area contributed by atoms with Gasteiger partial charge in [-0.1, -0.05) is 36.7 Å². The third kappa shape index (κ3) is 6.74. The van der Waals surface area contributed by atoms with Crippen LogP contribution in [0.25, 0.3) is 0 Å². The minimum absolute atomic E-state index is 0. The van der Waals surface area contributed by atoms with Crippen molar-refractivity contribution in [3.8, 4) is 0 Å². The molecule has 1 fully saturated rings. The zero-order valence-corrected chi connectivity index (χ0v) is 20.4. The van der Waals surface area contributed by atoms with Crippen molar-refractivity contribution in [1.82, 2.24) is 20.4 Å². The zero-order chi connectivity index (χ0) is 19.9. The number of aromatic nitrogens is 2. The van der Waals surface area contributed by atoms with Crippen LogP contribution in [0.15, 0.2) is 33.8 Å². The van der Waals surface area contributed by atoms with E-state index < -0.39 is 0 Å². The van der Waals surface area contributed by atoms with Crippen LogP contribution >= 0.6 is 35.6 Å². The molecule has 0 unspecified atom stereocenters. The van der Waals surface area contributed by atoms with Crippen molar-refractivity contribution in [3.63, 3.8) is 0 Å². The molecular formula is C20H30ClIN6O. The fourth-order valence-electron chi connectivity index (χ4n) is 3.14. The zero-order valence-electron chi connectivity index (χ0n) is 17.3. The Labute approximate surface area is 194 Å². The highest BCUT2D eigenvalue weighted by Crippen LogP contribution is 2.20. The number of nitrogens with one attached hydrogen (secondary N) is 1. The van der Waals surface area contributed by atoms with Crippen molar-refractivity contribution in [3.05, 3.63) is 41.0 Å². The van der Waals surface area contributed by atoms with Crippen LogP contribution in [0.2, 0.25) is 5.02 Å². The van der Waals surface area contributed by atoms with Crippen molar-refractivity contribution in [2.24, 2.45) is 4.99 Å². The highest BCUT2D eigenvalue weighted by atomic mass is 127. The molecule has 7 nitrogen and oxygen atoms in total. The Kier molecular flexibility index (Phi) is 9.48. The molecule has 0 spiro atoms. The minimum atomic E-state index is 0. The largest absolute Gasteiger partial charge is 0.368 e. The van der Waals surface area contributed by atoms with Gasteiger partial charge in [0, 0.05) is 55.8 Å². The summed E-state index contributed by atoms with van der Waals surface area (Å²) in [4.78, 5) is 13.8. The maximum absolute atomic E-state index is 6.13. The standard InChI is InChI=1S/C20H29ClN6O.HI/c1-4-22-20(23-9-8-18-24-19(15(2)3)25-28-18)27-12-10-26(11-13-27)17-7-5-6-16(21)14-17;/h5-7,14-15H,4,8-13H2,1-3H3,(H,22,23);1H. The predicted molar refractivity (Wildman–Crippen MR) is 129 cm³/mol. The quantitative estimate of drug-likeness (QED) is 0.347. The molecule has 0 saturated carbocycles. The molecule has 0 bridgehead atoms. The number of rotatable bonds is 6. The fraction of sp³-hybridized carbons (Fsp3) is 0.550. The van der Waals surface area contributed by atoms with E-state index in [2.05, 4.69) is 52.1 Å². The Bertz CT molecular complexity index is 789. The van der Waals surface area contributed by atoms with E-state index in [1.54, 1.807) is 0 Å². The topological polar surface area (TPSA) is 69.8 Å². The van der Waals surface area contributed by atoms with E-state index in [-0.39, 0.29) is 29.9 Å². The number of piperazine rings is 1. The van der Waals surface area contributed by atoms with Gasteiger partial charge in [0.1, 0.15) is 0 Å². The first-order chi connectivity index (χ1) is 13.6. The lowest BCUT2D eigenvalue weighted by molar-refractivity contribution is 0.366. The van der Waals surface area contributed by atoms with Crippen LogP contribution in [0.3, 0.4) is 0 Å². The fourth-order valence-corrected chi connectivity index (χ4v) is 3.32. The molecule has 29 heavy (non-hydrogen) atoms. The molecule has 1 aliphatic heterocycles. The van der Waals surface area contributed by atoms with Crippen LogP contribution in [0.5, 0.6) is 0 Å². The number of guanidine groups is 1. The summed E-state index contributed by atoms with van der Waals surface area (Å²) in [6.07, 6.45) is 0.650. The van der Waals surface area contributed by atoms with Crippen LogP contribution < -0.4 is 10.2 Å². The number of nitrogens with zero attached hydrogens (tertiary/aromatic N) is 5. The first kappa shape index (κ1) is 23.7.